The Morgan fingerprint density at radius 2 is 1.85 bits per heavy atom. The zero-order valence-corrected chi connectivity index (χ0v) is 10.8. The molecule has 0 saturated heterocycles. The van der Waals surface area contributed by atoms with Crippen molar-refractivity contribution in [3.63, 3.8) is 0 Å². The molecule has 0 radical (unpaired) electrons. The molecule has 13 heavy (non-hydrogen) atoms. The average Bonchev–Trinajstić information content (AvgIpc) is 2.15. The van der Waals surface area contributed by atoms with Crippen molar-refractivity contribution in [2.24, 2.45) is 5.92 Å². The van der Waals surface area contributed by atoms with Gasteiger partial charge >= 0.3 is 0 Å². The minimum Gasteiger partial charge on any atom is -0.317 e. The molecule has 1 N–H and O–H groups in total. The molecule has 1 aliphatic rings. The molecule has 0 unspecified atom stereocenters. The smallest absolute Gasteiger partial charge is 0.0110 e. The third-order valence-corrected chi connectivity index (χ3v) is 4.18. The summed E-state index contributed by atoms with van der Waals surface area (Å²) < 4.78 is 0.970. The Hall–Kier alpha value is 0.690. The normalized spacial score (nSPS) is 29.1. The lowest BCUT2D eigenvalue weighted by Gasteiger charge is -2.25. The molecule has 0 heterocycles. The standard InChI is InChI=1S/C11H22IN/c1-2-8-13-9-7-10-3-5-11(12)6-4-10/h10-11,13H,2-9H2,1H3. The highest BCUT2D eigenvalue weighted by molar-refractivity contribution is 14.1. The van der Waals surface area contributed by atoms with Gasteiger partial charge in [-0.25, -0.2) is 0 Å². The van der Waals surface area contributed by atoms with E-state index in [2.05, 4.69) is 34.8 Å². The summed E-state index contributed by atoms with van der Waals surface area (Å²) in [5.41, 5.74) is 0. The first-order valence-electron chi connectivity index (χ1n) is 5.67. The summed E-state index contributed by atoms with van der Waals surface area (Å²) >= 11 is 2.60. The molecule has 0 spiro atoms. The van der Waals surface area contributed by atoms with E-state index in [0.29, 0.717) is 0 Å². The van der Waals surface area contributed by atoms with Crippen LogP contribution in [0.25, 0.3) is 0 Å². The molecule has 1 saturated carbocycles. The molecule has 0 aliphatic heterocycles. The van der Waals surface area contributed by atoms with Crippen LogP contribution < -0.4 is 5.32 Å². The zero-order valence-electron chi connectivity index (χ0n) is 8.69. The maximum Gasteiger partial charge on any atom is 0.0110 e. The minimum absolute atomic E-state index is 0.970. The number of alkyl halides is 1. The fraction of sp³-hybridized carbons (Fsp3) is 1.00. The van der Waals surface area contributed by atoms with Crippen molar-refractivity contribution in [1.82, 2.24) is 5.32 Å². The van der Waals surface area contributed by atoms with E-state index in [0.717, 1.165) is 9.84 Å². The fourth-order valence-corrected chi connectivity index (χ4v) is 2.74. The highest BCUT2D eigenvalue weighted by atomic mass is 127. The predicted molar refractivity (Wildman–Crippen MR) is 67.5 cm³/mol. The maximum atomic E-state index is 3.49. The van der Waals surface area contributed by atoms with E-state index in [1.807, 2.05) is 0 Å². The van der Waals surface area contributed by atoms with Crippen molar-refractivity contribution in [3.8, 4) is 0 Å². The first kappa shape index (κ1) is 11.8. The highest BCUT2D eigenvalue weighted by Crippen LogP contribution is 2.30. The van der Waals surface area contributed by atoms with Crippen LogP contribution in [0.15, 0.2) is 0 Å². The van der Waals surface area contributed by atoms with Crippen molar-refractivity contribution in [2.75, 3.05) is 13.1 Å². The van der Waals surface area contributed by atoms with Crippen LogP contribution in [0.1, 0.15) is 45.4 Å². The van der Waals surface area contributed by atoms with Crippen molar-refractivity contribution in [3.05, 3.63) is 0 Å². The van der Waals surface area contributed by atoms with Gasteiger partial charge in [-0.05, 0) is 57.5 Å². The van der Waals surface area contributed by atoms with Crippen LogP contribution in [-0.2, 0) is 0 Å². The Bertz CT molecular complexity index is 119. The molecular weight excluding hydrogens is 273 g/mol. The van der Waals surface area contributed by atoms with Crippen LogP contribution in [0.3, 0.4) is 0 Å². The number of halogens is 1. The molecule has 0 aromatic rings. The van der Waals surface area contributed by atoms with Gasteiger partial charge in [0.05, 0.1) is 0 Å². The van der Waals surface area contributed by atoms with E-state index < -0.39 is 0 Å². The predicted octanol–water partition coefficient (Wildman–Crippen LogP) is 3.37. The molecule has 0 amide bonds. The topological polar surface area (TPSA) is 12.0 Å². The molecule has 1 aliphatic carbocycles. The van der Waals surface area contributed by atoms with E-state index in [1.165, 1.54) is 51.6 Å². The van der Waals surface area contributed by atoms with Crippen LogP contribution >= 0.6 is 22.6 Å². The summed E-state index contributed by atoms with van der Waals surface area (Å²) in [7, 11) is 0. The molecule has 1 nitrogen and oxygen atoms in total. The summed E-state index contributed by atoms with van der Waals surface area (Å²) in [6.07, 6.45) is 8.53. The summed E-state index contributed by atoms with van der Waals surface area (Å²) in [6.45, 7) is 4.67. The van der Waals surface area contributed by atoms with Gasteiger partial charge < -0.3 is 5.32 Å². The SMILES string of the molecule is CCCNCCC1CCC(I)CC1. The van der Waals surface area contributed by atoms with Crippen LogP contribution in [0, 0.1) is 5.92 Å². The molecule has 78 valence electrons. The lowest BCUT2D eigenvalue weighted by atomic mass is 9.87. The van der Waals surface area contributed by atoms with Crippen LogP contribution in [-0.4, -0.2) is 17.0 Å². The quantitative estimate of drug-likeness (QED) is 0.466. The van der Waals surface area contributed by atoms with Crippen molar-refractivity contribution >= 4 is 22.6 Å². The Labute approximate surface area is 96.2 Å². The average molecular weight is 295 g/mol. The fourth-order valence-electron chi connectivity index (χ4n) is 2.02. The third-order valence-electron chi connectivity index (χ3n) is 2.93. The molecule has 0 aromatic carbocycles. The van der Waals surface area contributed by atoms with Crippen molar-refractivity contribution in [1.29, 1.82) is 0 Å². The van der Waals surface area contributed by atoms with Gasteiger partial charge in [0.25, 0.3) is 0 Å². The van der Waals surface area contributed by atoms with E-state index in [1.54, 1.807) is 0 Å². The van der Waals surface area contributed by atoms with E-state index in [-0.39, 0.29) is 0 Å². The summed E-state index contributed by atoms with van der Waals surface area (Å²) in [6, 6.07) is 0. The second kappa shape index (κ2) is 7.04. The first-order chi connectivity index (χ1) is 6.33. The molecule has 0 bridgehead atoms. The van der Waals surface area contributed by atoms with Gasteiger partial charge in [-0.2, -0.15) is 0 Å². The second-order valence-corrected chi connectivity index (χ2v) is 5.92. The zero-order chi connectivity index (χ0) is 9.52. The third kappa shape index (κ3) is 5.21. The highest BCUT2D eigenvalue weighted by Gasteiger charge is 2.18. The van der Waals surface area contributed by atoms with Crippen LogP contribution in [0.5, 0.6) is 0 Å². The van der Waals surface area contributed by atoms with Crippen molar-refractivity contribution < 1.29 is 0 Å². The Morgan fingerprint density at radius 3 is 2.46 bits per heavy atom. The number of nitrogens with one attached hydrogen (secondary N) is 1. The van der Waals surface area contributed by atoms with E-state index >= 15 is 0 Å². The first-order valence-corrected chi connectivity index (χ1v) is 6.92. The lowest BCUT2D eigenvalue weighted by Crippen LogP contribution is -2.21. The molecule has 2 heteroatoms. The number of hydrogen-bond acceptors (Lipinski definition) is 1. The summed E-state index contributed by atoms with van der Waals surface area (Å²) in [5, 5.41) is 3.49. The largest absolute Gasteiger partial charge is 0.317 e. The Kier molecular flexibility index (Phi) is 6.37. The van der Waals surface area contributed by atoms with Gasteiger partial charge in [-0.3, -0.25) is 0 Å². The number of hydrogen-bond donors (Lipinski definition) is 1. The number of rotatable bonds is 5. The maximum absolute atomic E-state index is 3.49. The summed E-state index contributed by atoms with van der Waals surface area (Å²) in [5.74, 6) is 1.02. The van der Waals surface area contributed by atoms with Gasteiger partial charge in [0, 0.05) is 3.92 Å². The Balaban J connectivity index is 1.96. The van der Waals surface area contributed by atoms with Gasteiger partial charge in [0.1, 0.15) is 0 Å². The molecule has 1 rings (SSSR count). The summed E-state index contributed by atoms with van der Waals surface area (Å²) in [4.78, 5) is 0. The Morgan fingerprint density at radius 1 is 1.15 bits per heavy atom. The van der Waals surface area contributed by atoms with E-state index in [9.17, 15) is 0 Å². The van der Waals surface area contributed by atoms with E-state index in [4.69, 9.17) is 0 Å². The van der Waals surface area contributed by atoms with Gasteiger partial charge in [0.15, 0.2) is 0 Å². The van der Waals surface area contributed by atoms with Gasteiger partial charge in [-0.1, -0.05) is 29.5 Å². The second-order valence-electron chi connectivity index (χ2n) is 4.16. The van der Waals surface area contributed by atoms with Gasteiger partial charge in [-0.15, -0.1) is 0 Å². The minimum atomic E-state index is 0.970. The molecule has 0 atom stereocenters. The van der Waals surface area contributed by atoms with Crippen molar-refractivity contribution in [2.45, 2.75) is 49.4 Å². The molecule has 0 aromatic heterocycles. The van der Waals surface area contributed by atoms with Crippen LogP contribution in [0.4, 0.5) is 0 Å². The monoisotopic (exact) mass is 295 g/mol. The molecular formula is C11H22IN. The van der Waals surface area contributed by atoms with Gasteiger partial charge in [0.2, 0.25) is 0 Å². The molecule has 1 fully saturated rings. The van der Waals surface area contributed by atoms with Crippen LogP contribution in [0.2, 0.25) is 0 Å². The lowest BCUT2D eigenvalue weighted by molar-refractivity contribution is 0.345.